The van der Waals surface area contributed by atoms with Gasteiger partial charge in [0.25, 0.3) is 0 Å². The summed E-state index contributed by atoms with van der Waals surface area (Å²) >= 11 is 0. The molecule has 0 unspecified atom stereocenters. The van der Waals surface area contributed by atoms with E-state index in [2.05, 4.69) is 4.72 Å². The van der Waals surface area contributed by atoms with Gasteiger partial charge in [0.05, 0.1) is 4.90 Å². The normalized spacial score (nSPS) is 11.7. The lowest BCUT2D eigenvalue weighted by atomic mass is 10.2. The van der Waals surface area contributed by atoms with Gasteiger partial charge in [-0.3, -0.25) is 0 Å². The predicted molar refractivity (Wildman–Crippen MR) is 69.1 cm³/mol. The molecule has 0 aromatic heterocycles. The Morgan fingerprint density at radius 3 is 2.56 bits per heavy atom. The van der Waals surface area contributed by atoms with Crippen molar-refractivity contribution in [2.45, 2.75) is 30.6 Å². The Kier molecular flexibility index (Phi) is 6.24. The summed E-state index contributed by atoms with van der Waals surface area (Å²) in [5, 5.41) is 0. The molecule has 0 heterocycles. The van der Waals surface area contributed by atoms with Gasteiger partial charge in [-0.1, -0.05) is 18.9 Å². The van der Waals surface area contributed by atoms with E-state index >= 15 is 0 Å². The summed E-state index contributed by atoms with van der Waals surface area (Å²) in [6, 6.07) is 4.98. The molecule has 0 fully saturated rings. The molecule has 4 nitrogen and oxygen atoms in total. The molecule has 0 aliphatic carbocycles. The lowest BCUT2D eigenvalue weighted by Crippen LogP contribution is -2.24. The first-order chi connectivity index (χ1) is 8.56. The molecular formula is C12H19FN2O2S. The topological polar surface area (TPSA) is 72.2 Å². The highest BCUT2D eigenvalue weighted by Crippen LogP contribution is 2.10. The van der Waals surface area contributed by atoms with Crippen molar-refractivity contribution >= 4 is 10.0 Å². The molecule has 0 aliphatic rings. The summed E-state index contributed by atoms with van der Waals surface area (Å²) in [7, 11) is -3.59. The van der Waals surface area contributed by atoms with Gasteiger partial charge in [-0.05, 0) is 37.6 Å². The number of unbranched alkanes of at least 4 members (excludes halogenated alkanes) is 3. The van der Waals surface area contributed by atoms with Gasteiger partial charge in [0.15, 0.2) is 0 Å². The van der Waals surface area contributed by atoms with Gasteiger partial charge in [-0.2, -0.15) is 0 Å². The number of hydrogen-bond donors (Lipinski definition) is 2. The van der Waals surface area contributed by atoms with E-state index in [1.807, 2.05) is 0 Å². The third-order valence-electron chi connectivity index (χ3n) is 2.53. The van der Waals surface area contributed by atoms with Crippen LogP contribution in [0.5, 0.6) is 0 Å². The zero-order valence-electron chi connectivity index (χ0n) is 10.2. The van der Waals surface area contributed by atoms with E-state index in [-0.39, 0.29) is 4.90 Å². The van der Waals surface area contributed by atoms with Gasteiger partial charge in [0.2, 0.25) is 10.0 Å². The van der Waals surface area contributed by atoms with E-state index in [0.717, 1.165) is 31.7 Å². The Morgan fingerprint density at radius 2 is 1.89 bits per heavy atom. The van der Waals surface area contributed by atoms with Crippen LogP contribution in [0.3, 0.4) is 0 Å². The van der Waals surface area contributed by atoms with Crippen LogP contribution in [0, 0.1) is 5.82 Å². The maximum Gasteiger partial charge on any atom is 0.240 e. The molecule has 0 spiro atoms. The van der Waals surface area contributed by atoms with Crippen LogP contribution < -0.4 is 10.5 Å². The van der Waals surface area contributed by atoms with Gasteiger partial charge < -0.3 is 5.73 Å². The number of sulfonamides is 1. The summed E-state index contributed by atoms with van der Waals surface area (Å²) in [5.74, 6) is -0.555. The minimum atomic E-state index is -3.59. The minimum Gasteiger partial charge on any atom is -0.330 e. The smallest absolute Gasteiger partial charge is 0.240 e. The maximum absolute atomic E-state index is 12.9. The highest BCUT2D eigenvalue weighted by Gasteiger charge is 2.13. The fourth-order valence-electron chi connectivity index (χ4n) is 1.55. The van der Waals surface area contributed by atoms with Crippen LogP contribution >= 0.6 is 0 Å². The fraction of sp³-hybridized carbons (Fsp3) is 0.500. The zero-order chi connectivity index (χ0) is 13.4. The van der Waals surface area contributed by atoms with Crippen LogP contribution in [0.4, 0.5) is 4.39 Å². The van der Waals surface area contributed by atoms with Crippen LogP contribution in [-0.2, 0) is 10.0 Å². The molecule has 0 radical (unpaired) electrons. The molecule has 6 heteroatoms. The van der Waals surface area contributed by atoms with Crippen molar-refractivity contribution in [1.82, 2.24) is 4.72 Å². The van der Waals surface area contributed by atoms with Gasteiger partial charge in [-0.25, -0.2) is 17.5 Å². The van der Waals surface area contributed by atoms with E-state index in [1.54, 1.807) is 0 Å². The second kappa shape index (κ2) is 7.45. The van der Waals surface area contributed by atoms with E-state index < -0.39 is 15.8 Å². The molecule has 0 saturated heterocycles. The zero-order valence-corrected chi connectivity index (χ0v) is 11.0. The first-order valence-corrected chi connectivity index (χ1v) is 7.50. The molecule has 18 heavy (non-hydrogen) atoms. The summed E-state index contributed by atoms with van der Waals surface area (Å²) in [4.78, 5) is -0.0375. The van der Waals surface area contributed by atoms with Crippen molar-refractivity contribution < 1.29 is 12.8 Å². The number of benzene rings is 1. The third kappa shape index (κ3) is 5.12. The SMILES string of the molecule is NCCCCCCNS(=O)(=O)c1cccc(F)c1. The summed E-state index contributed by atoms with van der Waals surface area (Å²) in [5.41, 5.74) is 5.36. The van der Waals surface area contributed by atoms with Crippen LogP contribution in [0.2, 0.25) is 0 Å². The maximum atomic E-state index is 12.9. The molecule has 0 atom stereocenters. The molecule has 1 aromatic carbocycles. The molecule has 3 N–H and O–H groups in total. The summed E-state index contributed by atoms with van der Waals surface area (Å²) < 4.78 is 38.9. The fourth-order valence-corrected chi connectivity index (χ4v) is 2.65. The number of nitrogens with two attached hydrogens (primary N) is 1. The molecular weight excluding hydrogens is 255 g/mol. The lowest BCUT2D eigenvalue weighted by Gasteiger charge is -2.06. The average molecular weight is 274 g/mol. The Bertz CT molecular complexity index is 463. The molecule has 0 saturated carbocycles. The third-order valence-corrected chi connectivity index (χ3v) is 3.99. The first-order valence-electron chi connectivity index (χ1n) is 6.01. The molecule has 1 rings (SSSR count). The molecule has 1 aromatic rings. The summed E-state index contributed by atoms with van der Waals surface area (Å²) in [6.45, 7) is 1.03. The quantitative estimate of drug-likeness (QED) is 0.708. The number of rotatable bonds is 8. The number of hydrogen-bond acceptors (Lipinski definition) is 3. The molecule has 0 amide bonds. The van der Waals surface area contributed by atoms with Crippen LogP contribution in [0.25, 0.3) is 0 Å². The van der Waals surface area contributed by atoms with Crippen LogP contribution in [0.15, 0.2) is 29.2 Å². The predicted octanol–water partition coefficient (Wildman–Crippen LogP) is 1.62. The van der Waals surface area contributed by atoms with Crippen molar-refractivity contribution in [3.8, 4) is 0 Å². The largest absolute Gasteiger partial charge is 0.330 e. The Labute approximate surface area is 107 Å². The monoisotopic (exact) mass is 274 g/mol. The highest BCUT2D eigenvalue weighted by molar-refractivity contribution is 7.89. The van der Waals surface area contributed by atoms with E-state index in [0.29, 0.717) is 13.1 Å². The van der Waals surface area contributed by atoms with Crippen molar-refractivity contribution in [1.29, 1.82) is 0 Å². The van der Waals surface area contributed by atoms with Crippen LogP contribution in [0.1, 0.15) is 25.7 Å². The Balaban J connectivity index is 2.41. The van der Waals surface area contributed by atoms with E-state index in [1.165, 1.54) is 18.2 Å². The van der Waals surface area contributed by atoms with Crippen LogP contribution in [-0.4, -0.2) is 21.5 Å². The second-order valence-electron chi connectivity index (χ2n) is 4.06. The van der Waals surface area contributed by atoms with Gasteiger partial charge in [0, 0.05) is 6.54 Å². The van der Waals surface area contributed by atoms with E-state index in [4.69, 9.17) is 5.73 Å². The summed E-state index contributed by atoms with van der Waals surface area (Å²) in [6.07, 6.45) is 3.65. The average Bonchev–Trinajstić information content (AvgIpc) is 2.33. The second-order valence-corrected chi connectivity index (χ2v) is 5.82. The van der Waals surface area contributed by atoms with Crippen molar-refractivity contribution in [3.63, 3.8) is 0 Å². The Hall–Kier alpha value is -0.980. The van der Waals surface area contributed by atoms with E-state index in [9.17, 15) is 12.8 Å². The van der Waals surface area contributed by atoms with Crippen molar-refractivity contribution in [2.75, 3.05) is 13.1 Å². The molecule has 0 aliphatic heterocycles. The standard InChI is InChI=1S/C12H19FN2O2S/c13-11-6-5-7-12(10-11)18(16,17)15-9-4-2-1-3-8-14/h5-7,10,15H,1-4,8-9,14H2. The van der Waals surface area contributed by atoms with Crippen molar-refractivity contribution in [3.05, 3.63) is 30.1 Å². The lowest BCUT2D eigenvalue weighted by molar-refractivity contribution is 0.569. The highest BCUT2D eigenvalue weighted by atomic mass is 32.2. The Morgan fingerprint density at radius 1 is 1.17 bits per heavy atom. The van der Waals surface area contributed by atoms with Gasteiger partial charge >= 0.3 is 0 Å². The van der Waals surface area contributed by atoms with Gasteiger partial charge in [0.1, 0.15) is 5.82 Å². The number of halogens is 1. The molecule has 0 bridgehead atoms. The van der Waals surface area contributed by atoms with Gasteiger partial charge in [-0.15, -0.1) is 0 Å². The van der Waals surface area contributed by atoms with Crippen molar-refractivity contribution in [2.24, 2.45) is 5.73 Å². The minimum absolute atomic E-state index is 0.0375. The first kappa shape index (κ1) is 15.1. The molecule has 102 valence electrons. The number of nitrogens with one attached hydrogen (secondary N) is 1.